The van der Waals surface area contributed by atoms with Gasteiger partial charge >= 0.3 is 5.69 Å². The molecule has 1 aromatic heterocycles. The number of hydrogen-bond acceptors (Lipinski definition) is 3. The second kappa shape index (κ2) is 8.19. The molecule has 3 aromatic rings. The maximum atomic E-state index is 12.0. The van der Waals surface area contributed by atoms with E-state index < -0.39 is 0 Å². The third-order valence-corrected chi connectivity index (χ3v) is 5.57. The molecule has 1 N–H and O–H groups in total. The molecule has 0 bridgehead atoms. The second-order valence-corrected chi connectivity index (χ2v) is 7.63. The lowest BCUT2D eigenvalue weighted by Crippen LogP contribution is -2.38. The lowest BCUT2D eigenvalue weighted by molar-refractivity contribution is 0.0754. The number of para-hydroxylation sites is 2. The van der Waals surface area contributed by atoms with Gasteiger partial charge in [-0.2, -0.15) is 0 Å². The van der Waals surface area contributed by atoms with Gasteiger partial charge in [0.1, 0.15) is 12.1 Å². The van der Waals surface area contributed by atoms with E-state index >= 15 is 0 Å². The van der Waals surface area contributed by atoms with Crippen LogP contribution in [0.25, 0.3) is 11.0 Å². The minimum Gasteiger partial charge on any atom is -0.408 e. The first-order valence-corrected chi connectivity index (χ1v) is 9.87. The predicted molar refractivity (Wildman–Crippen MR) is 108 cm³/mol. The number of likely N-dealkylation sites (tertiary alicyclic amines) is 1. The zero-order valence-corrected chi connectivity index (χ0v) is 16.0. The van der Waals surface area contributed by atoms with Crippen LogP contribution in [0.1, 0.15) is 18.4 Å². The topological polar surface area (TPSA) is 50.3 Å². The summed E-state index contributed by atoms with van der Waals surface area (Å²) in [6.07, 6.45) is 3.50. The fraction of sp³-hybridized carbons (Fsp3) is 0.381. The van der Waals surface area contributed by atoms with Crippen LogP contribution in [-0.4, -0.2) is 40.9 Å². The third kappa shape index (κ3) is 4.37. The van der Waals surface area contributed by atoms with Gasteiger partial charge in [-0.25, -0.2) is 4.79 Å². The van der Waals surface area contributed by atoms with Crippen molar-refractivity contribution < 1.29 is 4.84 Å². The summed E-state index contributed by atoms with van der Waals surface area (Å²) < 4.78 is 1.36. The molecule has 0 unspecified atom stereocenters. The highest BCUT2D eigenvalue weighted by molar-refractivity contribution is 6.30. The second-order valence-electron chi connectivity index (χ2n) is 7.19. The Morgan fingerprint density at radius 3 is 2.59 bits per heavy atom. The van der Waals surface area contributed by atoms with Crippen LogP contribution in [0.2, 0.25) is 5.02 Å². The number of H-pyrrole nitrogens is 1. The van der Waals surface area contributed by atoms with Gasteiger partial charge in [0, 0.05) is 11.6 Å². The Hall–Kier alpha value is -2.24. The molecule has 142 valence electrons. The van der Waals surface area contributed by atoms with Crippen molar-refractivity contribution in [2.24, 2.45) is 5.92 Å². The molecule has 0 radical (unpaired) electrons. The van der Waals surface area contributed by atoms with Gasteiger partial charge in [-0.05, 0) is 68.1 Å². The number of aromatic nitrogens is 2. The van der Waals surface area contributed by atoms with Crippen LogP contribution in [0.15, 0.2) is 53.3 Å². The standard InChI is InChI=1S/C21H24ClN3O2/c22-18-7-5-16(6-8-18)15-17-9-11-24(12-10-17)13-14-27-25-20-4-2-1-3-19(20)23-21(25)26/h1-8,17H,9-15H2,(H,23,26). The number of nitrogens with one attached hydrogen (secondary N) is 1. The molecule has 1 fully saturated rings. The Morgan fingerprint density at radius 1 is 1.07 bits per heavy atom. The first kappa shape index (κ1) is 18.1. The van der Waals surface area contributed by atoms with Crippen molar-refractivity contribution in [1.29, 1.82) is 0 Å². The van der Waals surface area contributed by atoms with Gasteiger partial charge in [-0.3, -0.25) is 4.90 Å². The number of piperidine rings is 1. The van der Waals surface area contributed by atoms with E-state index in [-0.39, 0.29) is 5.69 Å². The maximum absolute atomic E-state index is 12.0. The summed E-state index contributed by atoms with van der Waals surface area (Å²) in [6.45, 7) is 3.48. The molecule has 2 aromatic carbocycles. The monoisotopic (exact) mass is 385 g/mol. The van der Waals surface area contributed by atoms with Crippen molar-refractivity contribution in [3.05, 3.63) is 69.6 Å². The number of benzene rings is 2. The Kier molecular flexibility index (Phi) is 5.50. The summed E-state index contributed by atoms with van der Waals surface area (Å²) >= 11 is 5.96. The zero-order valence-electron chi connectivity index (χ0n) is 15.2. The minimum absolute atomic E-state index is 0.224. The Balaban J connectivity index is 1.24. The van der Waals surface area contributed by atoms with Gasteiger partial charge in [-0.15, -0.1) is 4.73 Å². The smallest absolute Gasteiger partial charge is 0.359 e. The summed E-state index contributed by atoms with van der Waals surface area (Å²) in [7, 11) is 0. The summed E-state index contributed by atoms with van der Waals surface area (Å²) in [5, 5.41) is 0.794. The predicted octanol–water partition coefficient (Wildman–Crippen LogP) is 3.37. The number of aromatic amines is 1. The van der Waals surface area contributed by atoms with Crippen molar-refractivity contribution in [1.82, 2.24) is 14.6 Å². The van der Waals surface area contributed by atoms with Crippen LogP contribution in [0, 0.1) is 5.92 Å². The van der Waals surface area contributed by atoms with Gasteiger partial charge in [0.25, 0.3) is 0 Å². The molecular weight excluding hydrogens is 362 g/mol. The number of hydrogen-bond donors (Lipinski definition) is 1. The molecule has 5 nitrogen and oxygen atoms in total. The molecule has 1 aliphatic rings. The van der Waals surface area contributed by atoms with E-state index in [0.717, 1.165) is 48.0 Å². The van der Waals surface area contributed by atoms with Crippen LogP contribution in [0.5, 0.6) is 0 Å². The summed E-state index contributed by atoms with van der Waals surface area (Å²) in [5.74, 6) is 0.722. The first-order chi connectivity index (χ1) is 13.2. The van der Waals surface area contributed by atoms with Crippen LogP contribution >= 0.6 is 11.6 Å². The van der Waals surface area contributed by atoms with E-state index in [2.05, 4.69) is 22.0 Å². The molecule has 1 saturated heterocycles. The average Bonchev–Trinajstić information content (AvgIpc) is 3.00. The highest BCUT2D eigenvalue weighted by Gasteiger charge is 2.19. The molecule has 0 spiro atoms. The molecular formula is C21H24ClN3O2. The summed E-state index contributed by atoms with van der Waals surface area (Å²) in [6, 6.07) is 15.8. The van der Waals surface area contributed by atoms with Gasteiger partial charge < -0.3 is 9.82 Å². The minimum atomic E-state index is -0.224. The molecule has 1 aliphatic heterocycles. The molecule has 27 heavy (non-hydrogen) atoms. The van der Waals surface area contributed by atoms with Gasteiger partial charge in [0.2, 0.25) is 0 Å². The van der Waals surface area contributed by atoms with Crippen molar-refractivity contribution in [3.63, 3.8) is 0 Å². The molecule has 0 saturated carbocycles. The molecule has 4 rings (SSSR count). The Bertz CT molecular complexity index is 940. The molecule has 0 aliphatic carbocycles. The molecule has 2 heterocycles. The average molecular weight is 386 g/mol. The Morgan fingerprint density at radius 2 is 1.81 bits per heavy atom. The highest BCUT2D eigenvalue weighted by atomic mass is 35.5. The van der Waals surface area contributed by atoms with E-state index in [0.29, 0.717) is 6.61 Å². The van der Waals surface area contributed by atoms with E-state index in [4.69, 9.17) is 16.4 Å². The number of imidazole rings is 1. The van der Waals surface area contributed by atoms with Crippen molar-refractivity contribution in [2.75, 3.05) is 26.2 Å². The largest absolute Gasteiger partial charge is 0.408 e. The number of halogens is 1. The summed E-state index contributed by atoms with van der Waals surface area (Å²) in [5.41, 5.74) is 2.72. The first-order valence-electron chi connectivity index (χ1n) is 9.49. The normalized spacial score (nSPS) is 16.0. The van der Waals surface area contributed by atoms with Crippen LogP contribution in [0.3, 0.4) is 0 Å². The van der Waals surface area contributed by atoms with Crippen molar-refractivity contribution in [3.8, 4) is 0 Å². The SMILES string of the molecule is O=c1[nH]c2ccccc2n1OCCN1CCC(Cc2ccc(Cl)cc2)CC1. The molecule has 6 heteroatoms. The quantitative estimate of drug-likeness (QED) is 0.707. The van der Waals surface area contributed by atoms with E-state index in [1.54, 1.807) is 0 Å². The summed E-state index contributed by atoms with van der Waals surface area (Å²) in [4.78, 5) is 23.0. The van der Waals surface area contributed by atoms with Gasteiger partial charge in [0.05, 0.1) is 5.52 Å². The lowest BCUT2D eigenvalue weighted by Gasteiger charge is -2.31. The van der Waals surface area contributed by atoms with Gasteiger partial charge in [-0.1, -0.05) is 35.9 Å². The fourth-order valence-electron chi connectivity index (χ4n) is 3.79. The zero-order chi connectivity index (χ0) is 18.6. The maximum Gasteiger partial charge on any atom is 0.359 e. The highest BCUT2D eigenvalue weighted by Crippen LogP contribution is 2.22. The number of nitrogens with zero attached hydrogens (tertiary/aromatic N) is 2. The van der Waals surface area contributed by atoms with Gasteiger partial charge in [0.15, 0.2) is 0 Å². The number of fused-ring (bicyclic) bond motifs is 1. The molecule has 0 atom stereocenters. The fourth-order valence-corrected chi connectivity index (χ4v) is 3.92. The molecule has 0 amide bonds. The van der Waals surface area contributed by atoms with E-state index in [9.17, 15) is 4.79 Å². The van der Waals surface area contributed by atoms with Crippen molar-refractivity contribution in [2.45, 2.75) is 19.3 Å². The van der Waals surface area contributed by atoms with Crippen molar-refractivity contribution >= 4 is 22.6 Å². The number of rotatable bonds is 6. The van der Waals surface area contributed by atoms with Crippen LogP contribution in [0.4, 0.5) is 0 Å². The Labute approximate surface area is 163 Å². The van der Waals surface area contributed by atoms with E-state index in [1.807, 2.05) is 36.4 Å². The van der Waals surface area contributed by atoms with E-state index in [1.165, 1.54) is 23.1 Å². The van der Waals surface area contributed by atoms with Crippen LogP contribution in [-0.2, 0) is 6.42 Å². The lowest BCUT2D eigenvalue weighted by atomic mass is 9.90. The third-order valence-electron chi connectivity index (χ3n) is 5.32. The van der Waals surface area contributed by atoms with Crippen LogP contribution < -0.4 is 10.5 Å².